The lowest BCUT2D eigenvalue weighted by molar-refractivity contribution is 0.582. The molecule has 0 saturated carbocycles. The number of imidazole rings is 1. The van der Waals surface area contributed by atoms with Crippen LogP contribution in [0.25, 0.3) is 11.0 Å². The molecule has 0 bridgehead atoms. The van der Waals surface area contributed by atoms with Crippen molar-refractivity contribution in [3.8, 4) is 0 Å². The monoisotopic (exact) mass is 361 g/mol. The highest BCUT2D eigenvalue weighted by Crippen LogP contribution is 2.29. The van der Waals surface area contributed by atoms with Crippen molar-refractivity contribution < 1.29 is 0 Å². The van der Waals surface area contributed by atoms with Gasteiger partial charge in [0.15, 0.2) is 5.65 Å². The Balaban J connectivity index is 1.70. The van der Waals surface area contributed by atoms with Crippen LogP contribution in [0.1, 0.15) is 29.5 Å². The predicted octanol–water partition coefficient (Wildman–Crippen LogP) is 3.42. The van der Waals surface area contributed by atoms with E-state index in [4.69, 9.17) is 4.98 Å². The minimum Gasteiger partial charge on any atom is -0.362 e. The van der Waals surface area contributed by atoms with Gasteiger partial charge in [0.25, 0.3) is 0 Å². The summed E-state index contributed by atoms with van der Waals surface area (Å²) >= 11 is 0. The first kappa shape index (κ1) is 17.2. The standard InChI is InChI=1S/C20H23N7/c1-14-18-19(22-15(2)23-20(18)26(3)25-14)24-17(16-7-5-4-6-8-16)9-11-27-12-10-21-13-27/h4-8,10,12-13,17H,9,11H2,1-3H3,(H,22,23,24)/t17-/m1/s1. The SMILES string of the molecule is Cc1nc(N[C@H](CCn2ccnc2)c2ccccc2)c2c(C)nn(C)c2n1. The van der Waals surface area contributed by atoms with Crippen molar-refractivity contribution in [2.45, 2.75) is 32.9 Å². The van der Waals surface area contributed by atoms with E-state index in [1.807, 2.05) is 44.2 Å². The van der Waals surface area contributed by atoms with Crippen molar-refractivity contribution >= 4 is 16.9 Å². The van der Waals surface area contributed by atoms with Crippen molar-refractivity contribution in [1.82, 2.24) is 29.3 Å². The van der Waals surface area contributed by atoms with Crippen LogP contribution in [0.2, 0.25) is 0 Å². The first-order valence-electron chi connectivity index (χ1n) is 9.07. The van der Waals surface area contributed by atoms with Gasteiger partial charge in [-0.3, -0.25) is 4.68 Å². The number of aromatic nitrogens is 6. The molecule has 0 aliphatic carbocycles. The van der Waals surface area contributed by atoms with E-state index < -0.39 is 0 Å². The van der Waals surface area contributed by atoms with E-state index in [2.05, 4.69) is 49.2 Å². The molecule has 0 unspecified atom stereocenters. The molecular formula is C20H23N7. The van der Waals surface area contributed by atoms with Crippen molar-refractivity contribution in [2.75, 3.05) is 5.32 Å². The third-order valence-electron chi connectivity index (χ3n) is 4.72. The lowest BCUT2D eigenvalue weighted by atomic mass is 10.0. The topological polar surface area (TPSA) is 73.5 Å². The molecule has 0 aliphatic heterocycles. The third-order valence-corrected chi connectivity index (χ3v) is 4.72. The number of rotatable bonds is 6. The normalized spacial score (nSPS) is 12.4. The van der Waals surface area contributed by atoms with E-state index in [9.17, 15) is 0 Å². The largest absolute Gasteiger partial charge is 0.362 e. The number of nitrogens with one attached hydrogen (secondary N) is 1. The first-order chi connectivity index (χ1) is 13.1. The highest BCUT2D eigenvalue weighted by atomic mass is 15.3. The molecule has 3 heterocycles. The van der Waals surface area contributed by atoms with E-state index in [0.29, 0.717) is 0 Å². The molecule has 0 fully saturated rings. The summed E-state index contributed by atoms with van der Waals surface area (Å²) in [5, 5.41) is 9.16. The van der Waals surface area contributed by atoms with E-state index in [0.717, 1.165) is 41.3 Å². The molecule has 0 spiro atoms. The summed E-state index contributed by atoms with van der Waals surface area (Å²) in [6.45, 7) is 4.77. The van der Waals surface area contributed by atoms with Gasteiger partial charge in [0.1, 0.15) is 11.6 Å². The minimum absolute atomic E-state index is 0.116. The zero-order chi connectivity index (χ0) is 18.8. The molecule has 7 nitrogen and oxygen atoms in total. The second-order valence-electron chi connectivity index (χ2n) is 6.72. The van der Waals surface area contributed by atoms with Crippen LogP contribution in [0, 0.1) is 13.8 Å². The van der Waals surface area contributed by atoms with Crippen LogP contribution in [0.15, 0.2) is 49.1 Å². The van der Waals surface area contributed by atoms with Gasteiger partial charge in [0.05, 0.1) is 23.4 Å². The highest BCUT2D eigenvalue weighted by Gasteiger charge is 2.18. The van der Waals surface area contributed by atoms with Gasteiger partial charge in [-0.15, -0.1) is 0 Å². The van der Waals surface area contributed by atoms with Gasteiger partial charge in [0, 0.05) is 26.0 Å². The Labute approximate surface area is 158 Å². The minimum atomic E-state index is 0.116. The fourth-order valence-corrected chi connectivity index (χ4v) is 3.42. The molecule has 27 heavy (non-hydrogen) atoms. The molecule has 138 valence electrons. The van der Waals surface area contributed by atoms with Gasteiger partial charge in [-0.25, -0.2) is 15.0 Å². The van der Waals surface area contributed by atoms with Crippen LogP contribution < -0.4 is 5.32 Å². The van der Waals surface area contributed by atoms with Gasteiger partial charge in [-0.2, -0.15) is 5.10 Å². The van der Waals surface area contributed by atoms with Gasteiger partial charge in [0.2, 0.25) is 0 Å². The molecule has 0 amide bonds. The summed E-state index contributed by atoms with van der Waals surface area (Å²) in [5.41, 5.74) is 3.00. The summed E-state index contributed by atoms with van der Waals surface area (Å²) in [5.74, 6) is 1.57. The maximum absolute atomic E-state index is 4.69. The number of aryl methyl sites for hydroxylation is 4. The fourth-order valence-electron chi connectivity index (χ4n) is 3.42. The van der Waals surface area contributed by atoms with Crippen molar-refractivity contribution in [1.29, 1.82) is 0 Å². The summed E-state index contributed by atoms with van der Waals surface area (Å²) in [6, 6.07) is 10.6. The number of nitrogens with zero attached hydrogens (tertiary/aromatic N) is 6. The third kappa shape index (κ3) is 3.53. The van der Waals surface area contributed by atoms with Gasteiger partial charge < -0.3 is 9.88 Å². The van der Waals surface area contributed by atoms with Crippen LogP contribution in [0.3, 0.4) is 0 Å². The number of hydrogen-bond donors (Lipinski definition) is 1. The zero-order valence-corrected chi connectivity index (χ0v) is 15.8. The summed E-state index contributed by atoms with van der Waals surface area (Å²) in [4.78, 5) is 13.4. The Morgan fingerprint density at radius 1 is 1.11 bits per heavy atom. The average Bonchev–Trinajstić information content (AvgIpc) is 3.27. The van der Waals surface area contributed by atoms with E-state index in [1.165, 1.54) is 5.56 Å². The highest BCUT2D eigenvalue weighted by molar-refractivity contribution is 5.89. The number of benzene rings is 1. The molecule has 4 rings (SSSR count). The van der Waals surface area contributed by atoms with Crippen LogP contribution >= 0.6 is 0 Å². The van der Waals surface area contributed by atoms with E-state index >= 15 is 0 Å². The molecular weight excluding hydrogens is 338 g/mol. The molecule has 1 aromatic carbocycles. The molecule has 0 aliphatic rings. The Kier molecular flexibility index (Phi) is 4.58. The van der Waals surface area contributed by atoms with Crippen LogP contribution in [-0.2, 0) is 13.6 Å². The molecule has 1 atom stereocenters. The molecule has 1 N–H and O–H groups in total. The second-order valence-corrected chi connectivity index (χ2v) is 6.72. The maximum atomic E-state index is 4.69. The molecule has 0 saturated heterocycles. The average molecular weight is 361 g/mol. The lowest BCUT2D eigenvalue weighted by Gasteiger charge is -2.21. The van der Waals surface area contributed by atoms with E-state index in [1.54, 1.807) is 6.20 Å². The number of fused-ring (bicyclic) bond motifs is 1. The van der Waals surface area contributed by atoms with E-state index in [-0.39, 0.29) is 6.04 Å². The van der Waals surface area contributed by atoms with Gasteiger partial charge in [-0.05, 0) is 25.8 Å². The molecule has 7 heteroatoms. The Bertz CT molecular complexity index is 1040. The predicted molar refractivity (Wildman–Crippen MR) is 105 cm³/mol. The van der Waals surface area contributed by atoms with Gasteiger partial charge >= 0.3 is 0 Å². The molecule has 3 aromatic heterocycles. The smallest absolute Gasteiger partial charge is 0.163 e. The quantitative estimate of drug-likeness (QED) is 0.570. The van der Waals surface area contributed by atoms with Crippen molar-refractivity contribution in [2.24, 2.45) is 7.05 Å². The first-order valence-corrected chi connectivity index (χ1v) is 9.07. The fraction of sp³-hybridized carbons (Fsp3) is 0.300. The van der Waals surface area contributed by atoms with Crippen LogP contribution in [0.4, 0.5) is 5.82 Å². The molecule has 4 aromatic rings. The maximum Gasteiger partial charge on any atom is 0.163 e. The summed E-state index contributed by atoms with van der Waals surface area (Å²) in [6.07, 6.45) is 6.55. The second kappa shape index (κ2) is 7.19. The lowest BCUT2D eigenvalue weighted by Crippen LogP contribution is -2.15. The van der Waals surface area contributed by atoms with Crippen molar-refractivity contribution in [3.05, 3.63) is 66.1 Å². The Morgan fingerprint density at radius 2 is 1.93 bits per heavy atom. The Hall–Kier alpha value is -3.22. The van der Waals surface area contributed by atoms with Crippen LogP contribution in [-0.4, -0.2) is 29.3 Å². The summed E-state index contributed by atoms with van der Waals surface area (Å²) in [7, 11) is 1.92. The zero-order valence-electron chi connectivity index (χ0n) is 15.8. The van der Waals surface area contributed by atoms with Crippen LogP contribution in [0.5, 0.6) is 0 Å². The summed E-state index contributed by atoms with van der Waals surface area (Å²) < 4.78 is 3.90. The van der Waals surface area contributed by atoms with Crippen molar-refractivity contribution in [3.63, 3.8) is 0 Å². The molecule has 0 radical (unpaired) electrons. The van der Waals surface area contributed by atoms with Gasteiger partial charge in [-0.1, -0.05) is 30.3 Å². The number of hydrogen-bond acceptors (Lipinski definition) is 5. The number of anilines is 1. The Morgan fingerprint density at radius 3 is 2.67 bits per heavy atom.